The summed E-state index contributed by atoms with van der Waals surface area (Å²) < 4.78 is 0. The number of nitrogens with zero attached hydrogens (tertiary/aromatic N) is 5. The van der Waals surface area contributed by atoms with E-state index in [1.807, 2.05) is 17.0 Å². The van der Waals surface area contributed by atoms with E-state index in [9.17, 15) is 4.79 Å². The quantitative estimate of drug-likeness (QED) is 0.737. The molecule has 0 aliphatic carbocycles. The van der Waals surface area contributed by atoms with E-state index in [1.165, 1.54) is 6.33 Å². The fourth-order valence-electron chi connectivity index (χ4n) is 2.89. The third-order valence-corrected chi connectivity index (χ3v) is 3.99. The Morgan fingerprint density at radius 2 is 2.32 bits per heavy atom. The molecule has 22 heavy (non-hydrogen) atoms. The van der Waals surface area contributed by atoms with Crippen LogP contribution in [-0.2, 0) is 0 Å². The molecule has 1 fully saturated rings. The van der Waals surface area contributed by atoms with E-state index in [0.717, 1.165) is 30.7 Å². The summed E-state index contributed by atoms with van der Waals surface area (Å²) in [5.74, 6) is 1.28. The number of imidazole rings is 1. The van der Waals surface area contributed by atoms with Gasteiger partial charge in [0.05, 0.1) is 5.52 Å². The third kappa shape index (κ3) is 2.22. The Morgan fingerprint density at radius 1 is 1.36 bits per heavy atom. The van der Waals surface area contributed by atoms with Gasteiger partial charge in [-0.25, -0.2) is 15.0 Å². The van der Waals surface area contributed by atoms with Crippen molar-refractivity contribution in [2.45, 2.75) is 18.8 Å². The van der Waals surface area contributed by atoms with Crippen molar-refractivity contribution in [3.05, 3.63) is 36.3 Å². The van der Waals surface area contributed by atoms with Gasteiger partial charge in [0.15, 0.2) is 11.5 Å². The Morgan fingerprint density at radius 3 is 3.14 bits per heavy atom. The molecule has 2 N–H and O–H groups in total. The molecule has 3 aromatic heterocycles. The minimum Gasteiger partial charge on any atom is -0.335 e. The summed E-state index contributed by atoms with van der Waals surface area (Å²) in [5.41, 5.74) is 1.34. The molecule has 0 unspecified atom stereocenters. The summed E-state index contributed by atoms with van der Waals surface area (Å²) in [7, 11) is 0. The standard InChI is InChI=1S/C14H15N7O/c22-14(13-18-10-4-1-5-15-12(10)19-13)21-6-2-3-9(7-21)11-16-8-17-20-11/h1,4-5,8-9H,2-3,6-7H2,(H,15,18,19)(H,16,17,20)/t9-/m1/s1. The highest BCUT2D eigenvalue weighted by Gasteiger charge is 2.28. The van der Waals surface area contributed by atoms with Gasteiger partial charge >= 0.3 is 0 Å². The molecule has 1 atom stereocenters. The van der Waals surface area contributed by atoms with E-state index in [1.54, 1.807) is 6.20 Å². The Balaban J connectivity index is 1.56. The lowest BCUT2D eigenvalue weighted by molar-refractivity contribution is 0.0693. The number of fused-ring (bicyclic) bond motifs is 1. The first kappa shape index (κ1) is 12.9. The summed E-state index contributed by atoms with van der Waals surface area (Å²) in [5, 5.41) is 6.78. The molecule has 1 saturated heterocycles. The first-order valence-corrected chi connectivity index (χ1v) is 7.26. The Kier molecular flexibility index (Phi) is 3.06. The number of likely N-dealkylation sites (tertiary alicyclic amines) is 1. The zero-order valence-corrected chi connectivity index (χ0v) is 11.9. The largest absolute Gasteiger partial charge is 0.335 e. The average molecular weight is 297 g/mol. The van der Waals surface area contributed by atoms with Crippen molar-refractivity contribution in [1.29, 1.82) is 0 Å². The molecule has 0 saturated carbocycles. The SMILES string of the molecule is O=C(c1nc2ncccc2[nH]1)N1CCC[C@@H](c2ncn[nH]2)C1. The number of hydrogen-bond acceptors (Lipinski definition) is 5. The zero-order chi connectivity index (χ0) is 14.9. The Bertz CT molecular complexity index is 761. The molecule has 4 rings (SSSR count). The average Bonchev–Trinajstić information content (AvgIpc) is 3.23. The van der Waals surface area contributed by atoms with Crippen LogP contribution in [0.4, 0.5) is 0 Å². The fraction of sp³-hybridized carbons (Fsp3) is 0.357. The van der Waals surface area contributed by atoms with Gasteiger partial charge in [-0.3, -0.25) is 9.89 Å². The van der Waals surface area contributed by atoms with Gasteiger partial charge < -0.3 is 9.88 Å². The van der Waals surface area contributed by atoms with Gasteiger partial charge in [-0.1, -0.05) is 0 Å². The molecule has 1 aliphatic rings. The molecule has 0 aromatic carbocycles. The summed E-state index contributed by atoms with van der Waals surface area (Å²) in [4.78, 5) is 30.1. The number of aromatic nitrogens is 6. The number of amides is 1. The van der Waals surface area contributed by atoms with E-state index in [0.29, 0.717) is 18.0 Å². The number of piperidine rings is 1. The van der Waals surface area contributed by atoms with Gasteiger partial charge in [0.2, 0.25) is 0 Å². The maximum atomic E-state index is 12.6. The van der Waals surface area contributed by atoms with Gasteiger partial charge in [-0.05, 0) is 25.0 Å². The predicted octanol–water partition coefficient (Wildman–Crippen LogP) is 1.10. The van der Waals surface area contributed by atoms with Gasteiger partial charge in [-0.15, -0.1) is 0 Å². The lowest BCUT2D eigenvalue weighted by Gasteiger charge is -2.31. The van der Waals surface area contributed by atoms with Crippen molar-refractivity contribution in [1.82, 2.24) is 35.0 Å². The molecule has 4 heterocycles. The van der Waals surface area contributed by atoms with Crippen LogP contribution in [0.15, 0.2) is 24.7 Å². The molecule has 8 heteroatoms. The number of hydrogen-bond donors (Lipinski definition) is 2. The van der Waals surface area contributed by atoms with Crippen LogP contribution in [-0.4, -0.2) is 54.0 Å². The highest BCUT2D eigenvalue weighted by Crippen LogP contribution is 2.25. The van der Waals surface area contributed by atoms with Crippen LogP contribution >= 0.6 is 0 Å². The molecular weight excluding hydrogens is 282 g/mol. The van der Waals surface area contributed by atoms with Crippen molar-refractivity contribution < 1.29 is 4.79 Å². The van der Waals surface area contributed by atoms with Crippen LogP contribution < -0.4 is 0 Å². The third-order valence-electron chi connectivity index (χ3n) is 3.99. The maximum Gasteiger partial charge on any atom is 0.289 e. The maximum absolute atomic E-state index is 12.6. The van der Waals surface area contributed by atoms with E-state index < -0.39 is 0 Å². The summed E-state index contributed by atoms with van der Waals surface area (Å²) in [6.07, 6.45) is 5.11. The normalized spacial score (nSPS) is 18.7. The van der Waals surface area contributed by atoms with E-state index in [4.69, 9.17) is 0 Å². The second-order valence-electron chi connectivity index (χ2n) is 5.42. The number of aromatic amines is 2. The molecule has 0 spiro atoms. The summed E-state index contributed by atoms with van der Waals surface area (Å²) >= 11 is 0. The predicted molar refractivity (Wildman–Crippen MR) is 78.1 cm³/mol. The molecular formula is C14H15N7O. The topological polar surface area (TPSA) is 103 Å². The van der Waals surface area contributed by atoms with Gasteiger partial charge in [0, 0.05) is 25.2 Å². The number of pyridine rings is 1. The monoisotopic (exact) mass is 297 g/mol. The molecule has 1 aliphatic heterocycles. The number of carbonyl (C=O) groups excluding carboxylic acids is 1. The number of H-pyrrole nitrogens is 2. The minimum absolute atomic E-state index is 0.0952. The van der Waals surface area contributed by atoms with E-state index in [-0.39, 0.29) is 11.8 Å². The van der Waals surface area contributed by atoms with Crippen LogP contribution in [0.5, 0.6) is 0 Å². The second-order valence-corrected chi connectivity index (χ2v) is 5.42. The highest BCUT2D eigenvalue weighted by atomic mass is 16.2. The Labute approximate surface area is 126 Å². The smallest absolute Gasteiger partial charge is 0.289 e. The lowest BCUT2D eigenvalue weighted by Crippen LogP contribution is -2.39. The zero-order valence-electron chi connectivity index (χ0n) is 11.9. The summed E-state index contributed by atoms with van der Waals surface area (Å²) in [6, 6.07) is 3.68. The van der Waals surface area contributed by atoms with Crippen molar-refractivity contribution in [3.8, 4) is 0 Å². The molecule has 112 valence electrons. The van der Waals surface area contributed by atoms with Crippen molar-refractivity contribution >= 4 is 17.1 Å². The highest BCUT2D eigenvalue weighted by molar-refractivity contribution is 5.93. The van der Waals surface area contributed by atoms with Crippen LogP contribution in [0.3, 0.4) is 0 Å². The molecule has 0 bridgehead atoms. The van der Waals surface area contributed by atoms with Gasteiger partial charge in [0.1, 0.15) is 12.2 Å². The fourth-order valence-corrected chi connectivity index (χ4v) is 2.89. The van der Waals surface area contributed by atoms with Crippen LogP contribution in [0.1, 0.15) is 35.2 Å². The van der Waals surface area contributed by atoms with Crippen LogP contribution in [0.2, 0.25) is 0 Å². The summed E-state index contributed by atoms with van der Waals surface area (Å²) in [6.45, 7) is 1.35. The van der Waals surface area contributed by atoms with Crippen molar-refractivity contribution in [3.63, 3.8) is 0 Å². The molecule has 1 amide bonds. The van der Waals surface area contributed by atoms with E-state index in [2.05, 4.69) is 30.1 Å². The van der Waals surface area contributed by atoms with Gasteiger partial charge in [0.25, 0.3) is 5.91 Å². The second kappa shape index (κ2) is 5.21. The van der Waals surface area contributed by atoms with E-state index >= 15 is 0 Å². The number of carbonyl (C=O) groups is 1. The van der Waals surface area contributed by atoms with Crippen molar-refractivity contribution in [2.75, 3.05) is 13.1 Å². The Hall–Kier alpha value is -2.77. The first-order chi connectivity index (χ1) is 10.8. The molecule has 0 radical (unpaired) electrons. The number of nitrogens with one attached hydrogen (secondary N) is 2. The van der Waals surface area contributed by atoms with Crippen LogP contribution in [0, 0.1) is 0 Å². The molecule has 3 aromatic rings. The van der Waals surface area contributed by atoms with Crippen LogP contribution in [0.25, 0.3) is 11.2 Å². The molecule has 8 nitrogen and oxygen atoms in total. The van der Waals surface area contributed by atoms with Gasteiger partial charge in [-0.2, -0.15) is 5.10 Å². The first-order valence-electron chi connectivity index (χ1n) is 7.26. The van der Waals surface area contributed by atoms with Crippen molar-refractivity contribution in [2.24, 2.45) is 0 Å². The number of rotatable bonds is 2. The minimum atomic E-state index is -0.0952. The lowest BCUT2D eigenvalue weighted by atomic mass is 9.97.